The lowest BCUT2D eigenvalue weighted by molar-refractivity contribution is -0.124. The van der Waals surface area contributed by atoms with Crippen LogP contribution in [0.1, 0.15) is 38.4 Å². The van der Waals surface area contributed by atoms with Crippen molar-refractivity contribution in [2.45, 2.75) is 39.7 Å². The monoisotopic (exact) mass is 455 g/mol. The zero-order valence-electron chi connectivity index (χ0n) is 19.3. The molecule has 1 aliphatic heterocycles. The van der Waals surface area contributed by atoms with Gasteiger partial charge in [0.05, 0.1) is 15.8 Å². The lowest BCUT2D eigenvalue weighted by atomic mass is 10.1. The largest absolute Gasteiger partial charge is 0.354 e. The molecule has 3 heterocycles. The lowest BCUT2D eigenvalue weighted by Crippen LogP contribution is -2.46. The second-order valence-electron chi connectivity index (χ2n) is 8.48. The first-order chi connectivity index (χ1) is 15.5. The maximum absolute atomic E-state index is 13.4. The average Bonchev–Trinajstić information content (AvgIpc) is 3.21. The van der Waals surface area contributed by atoms with Crippen LogP contribution in [0, 0.1) is 6.92 Å². The normalized spacial score (nSPS) is 16.6. The molecule has 8 heteroatoms. The van der Waals surface area contributed by atoms with E-state index in [1.165, 1.54) is 4.68 Å². The molecule has 1 N–H and O–H groups in total. The van der Waals surface area contributed by atoms with E-state index in [0.29, 0.717) is 18.4 Å². The van der Waals surface area contributed by atoms with Gasteiger partial charge < -0.3 is 15.1 Å². The molecule has 32 heavy (non-hydrogen) atoms. The standard InChI is InChI=1S/C24H33N5O2S/c1-4-19(23(30)25-11-8-12-28-15-13-27(5-2)14-16-28)29-24(31)21-18-9-6-7-10-20(18)32-22(21)17(3)26-29/h6-7,9-10,19H,4-5,8,11-16H2,1-3H3,(H,25,30)/t19-/m1/s1. The Morgan fingerprint density at radius 3 is 2.59 bits per heavy atom. The highest BCUT2D eigenvalue weighted by molar-refractivity contribution is 7.26. The molecule has 0 aliphatic carbocycles. The van der Waals surface area contributed by atoms with Crippen LogP contribution in [0.4, 0.5) is 0 Å². The Morgan fingerprint density at radius 1 is 1.16 bits per heavy atom. The van der Waals surface area contributed by atoms with Crippen LogP contribution in [0.3, 0.4) is 0 Å². The summed E-state index contributed by atoms with van der Waals surface area (Å²) >= 11 is 1.59. The number of fused-ring (bicyclic) bond motifs is 3. The minimum atomic E-state index is -0.600. The number of amides is 1. The Balaban J connectivity index is 1.44. The number of thiophene rings is 1. The minimum absolute atomic E-state index is 0.129. The van der Waals surface area contributed by atoms with Crippen LogP contribution in [0.2, 0.25) is 0 Å². The third-order valence-electron chi connectivity index (χ3n) is 6.45. The zero-order chi connectivity index (χ0) is 22.7. The lowest BCUT2D eigenvalue weighted by Gasteiger charge is -2.34. The fourth-order valence-electron chi connectivity index (χ4n) is 4.52. The van der Waals surface area contributed by atoms with Crippen molar-refractivity contribution >= 4 is 37.4 Å². The Kier molecular flexibility index (Phi) is 7.23. The van der Waals surface area contributed by atoms with Crippen molar-refractivity contribution in [2.24, 2.45) is 0 Å². The molecule has 3 aromatic rings. The van der Waals surface area contributed by atoms with Gasteiger partial charge in [-0.3, -0.25) is 9.59 Å². The van der Waals surface area contributed by atoms with Crippen LogP contribution in [0.25, 0.3) is 20.2 Å². The van der Waals surface area contributed by atoms with Gasteiger partial charge in [0.2, 0.25) is 5.91 Å². The van der Waals surface area contributed by atoms with Crippen molar-refractivity contribution in [3.63, 3.8) is 0 Å². The molecule has 2 aromatic heterocycles. The number of piperazine rings is 1. The molecule has 1 saturated heterocycles. The molecule has 0 spiro atoms. The smallest absolute Gasteiger partial charge is 0.276 e. The number of hydrogen-bond acceptors (Lipinski definition) is 6. The van der Waals surface area contributed by atoms with Gasteiger partial charge in [0.1, 0.15) is 6.04 Å². The molecule has 172 valence electrons. The highest BCUT2D eigenvalue weighted by Crippen LogP contribution is 2.33. The molecule has 1 aromatic carbocycles. The average molecular weight is 456 g/mol. The van der Waals surface area contributed by atoms with E-state index in [1.807, 2.05) is 38.1 Å². The number of likely N-dealkylation sites (N-methyl/N-ethyl adjacent to an activating group) is 1. The zero-order valence-corrected chi connectivity index (χ0v) is 20.1. The first kappa shape index (κ1) is 22.9. The van der Waals surface area contributed by atoms with E-state index in [-0.39, 0.29) is 11.5 Å². The number of aryl methyl sites for hydroxylation is 1. The molecule has 0 bridgehead atoms. The van der Waals surface area contributed by atoms with Gasteiger partial charge >= 0.3 is 0 Å². The van der Waals surface area contributed by atoms with Crippen molar-refractivity contribution in [2.75, 3.05) is 45.8 Å². The van der Waals surface area contributed by atoms with Crippen LogP contribution in [-0.4, -0.2) is 71.3 Å². The predicted octanol–water partition coefficient (Wildman–Crippen LogP) is 3.01. The Morgan fingerprint density at radius 2 is 1.88 bits per heavy atom. The Labute approximate surface area is 193 Å². The number of rotatable bonds is 8. The maximum Gasteiger partial charge on any atom is 0.276 e. The second-order valence-corrected chi connectivity index (χ2v) is 9.53. The van der Waals surface area contributed by atoms with Gasteiger partial charge in [-0.15, -0.1) is 11.3 Å². The molecule has 7 nitrogen and oxygen atoms in total. The molecular weight excluding hydrogens is 422 g/mol. The summed E-state index contributed by atoms with van der Waals surface area (Å²) in [5.74, 6) is -0.129. The molecule has 0 radical (unpaired) electrons. The van der Waals surface area contributed by atoms with Crippen molar-refractivity contribution in [3.8, 4) is 0 Å². The predicted molar refractivity (Wildman–Crippen MR) is 132 cm³/mol. The van der Waals surface area contributed by atoms with Gasteiger partial charge in [-0.1, -0.05) is 32.0 Å². The van der Waals surface area contributed by atoms with Gasteiger partial charge in [0, 0.05) is 42.8 Å². The number of nitrogens with one attached hydrogen (secondary N) is 1. The first-order valence-corrected chi connectivity index (χ1v) is 12.5. The van der Waals surface area contributed by atoms with Crippen LogP contribution in [0.15, 0.2) is 29.1 Å². The molecule has 0 saturated carbocycles. The second kappa shape index (κ2) is 10.1. The van der Waals surface area contributed by atoms with E-state index in [9.17, 15) is 9.59 Å². The van der Waals surface area contributed by atoms with E-state index in [2.05, 4.69) is 27.1 Å². The van der Waals surface area contributed by atoms with Crippen molar-refractivity contribution in [1.82, 2.24) is 24.9 Å². The van der Waals surface area contributed by atoms with Crippen molar-refractivity contribution < 1.29 is 4.79 Å². The number of carbonyl (C=O) groups is 1. The van der Waals surface area contributed by atoms with Crippen molar-refractivity contribution in [1.29, 1.82) is 0 Å². The third kappa shape index (κ3) is 4.58. The SMILES string of the molecule is CC[C@H](C(=O)NCCCN1CCN(CC)CC1)n1nc(C)c2sc3ccccc3c2c1=O. The number of hydrogen-bond donors (Lipinski definition) is 1. The molecule has 1 amide bonds. The summed E-state index contributed by atoms with van der Waals surface area (Å²) < 4.78 is 3.38. The van der Waals surface area contributed by atoms with E-state index in [0.717, 1.165) is 66.2 Å². The maximum atomic E-state index is 13.4. The topological polar surface area (TPSA) is 70.5 Å². The summed E-state index contributed by atoms with van der Waals surface area (Å²) in [6, 6.07) is 7.32. The quantitative estimate of drug-likeness (QED) is 0.529. The number of aromatic nitrogens is 2. The fourth-order valence-corrected chi connectivity index (χ4v) is 5.66. The van der Waals surface area contributed by atoms with Crippen molar-refractivity contribution in [3.05, 3.63) is 40.3 Å². The van der Waals surface area contributed by atoms with E-state index < -0.39 is 6.04 Å². The Bertz CT molecular complexity index is 1150. The molecular formula is C24H33N5O2S. The number of benzene rings is 1. The summed E-state index contributed by atoms with van der Waals surface area (Å²) in [5.41, 5.74) is 0.608. The molecule has 1 atom stereocenters. The van der Waals surface area contributed by atoms with E-state index >= 15 is 0 Å². The number of carbonyl (C=O) groups excluding carboxylic acids is 1. The molecule has 0 unspecified atom stereocenters. The summed E-state index contributed by atoms with van der Waals surface area (Å²) in [5, 5.41) is 9.21. The highest BCUT2D eigenvalue weighted by atomic mass is 32.1. The van der Waals surface area contributed by atoms with Crippen LogP contribution < -0.4 is 10.9 Å². The summed E-state index contributed by atoms with van der Waals surface area (Å²) in [7, 11) is 0. The molecule has 1 fully saturated rings. The van der Waals surface area contributed by atoms with Crippen LogP contribution >= 0.6 is 11.3 Å². The third-order valence-corrected chi connectivity index (χ3v) is 7.73. The Hall–Kier alpha value is -2.29. The molecule has 4 rings (SSSR count). The van der Waals surface area contributed by atoms with E-state index in [1.54, 1.807) is 11.3 Å². The van der Waals surface area contributed by atoms with Crippen LogP contribution in [-0.2, 0) is 4.79 Å². The fraction of sp³-hybridized carbons (Fsp3) is 0.542. The van der Waals surface area contributed by atoms with Gasteiger partial charge in [-0.05, 0) is 38.9 Å². The highest BCUT2D eigenvalue weighted by Gasteiger charge is 2.24. The van der Waals surface area contributed by atoms with Gasteiger partial charge in [0.15, 0.2) is 0 Å². The summed E-state index contributed by atoms with van der Waals surface area (Å²) in [6.07, 6.45) is 1.43. The van der Waals surface area contributed by atoms with Gasteiger partial charge in [-0.25, -0.2) is 4.68 Å². The van der Waals surface area contributed by atoms with Gasteiger partial charge in [0.25, 0.3) is 5.56 Å². The summed E-state index contributed by atoms with van der Waals surface area (Å²) in [4.78, 5) is 31.3. The number of nitrogens with zero attached hydrogens (tertiary/aromatic N) is 4. The van der Waals surface area contributed by atoms with E-state index in [4.69, 9.17) is 0 Å². The summed E-state index contributed by atoms with van der Waals surface area (Å²) in [6.45, 7) is 13.2. The van der Waals surface area contributed by atoms with Crippen LogP contribution in [0.5, 0.6) is 0 Å². The molecule has 1 aliphatic rings. The first-order valence-electron chi connectivity index (χ1n) is 11.7. The minimum Gasteiger partial charge on any atom is -0.354 e. The van der Waals surface area contributed by atoms with Gasteiger partial charge in [-0.2, -0.15) is 5.10 Å².